The van der Waals surface area contributed by atoms with Gasteiger partial charge < -0.3 is 20.9 Å². The molecule has 7 nitrogen and oxygen atoms in total. The Balaban J connectivity index is 4.08. The summed E-state index contributed by atoms with van der Waals surface area (Å²) in [5.74, 6) is -1.37. The van der Waals surface area contributed by atoms with Crippen LogP contribution in [0.1, 0.15) is 187 Å². The van der Waals surface area contributed by atoms with E-state index < -0.39 is 12.0 Å². The molecule has 0 rings (SSSR count). The van der Waals surface area contributed by atoms with Crippen molar-refractivity contribution in [3.8, 4) is 0 Å². The average molecular weight is 753 g/mol. The van der Waals surface area contributed by atoms with Crippen molar-refractivity contribution in [2.24, 2.45) is 5.73 Å². The summed E-state index contributed by atoms with van der Waals surface area (Å²) in [6, 6.07) is -0.876. The highest BCUT2D eigenvalue weighted by molar-refractivity contribution is 5.83. The van der Waals surface area contributed by atoms with Crippen molar-refractivity contribution >= 4 is 17.8 Å². The van der Waals surface area contributed by atoms with Crippen LogP contribution in [0.4, 0.5) is 0 Å². The van der Waals surface area contributed by atoms with Crippen molar-refractivity contribution in [1.29, 1.82) is 0 Å². The summed E-state index contributed by atoms with van der Waals surface area (Å²) in [6.45, 7) is 4.72. The largest absolute Gasteiger partial charge is 0.480 e. The van der Waals surface area contributed by atoms with E-state index in [0.717, 1.165) is 83.5 Å². The summed E-state index contributed by atoms with van der Waals surface area (Å²) >= 11 is 0. The molecule has 2 atom stereocenters. The van der Waals surface area contributed by atoms with E-state index in [9.17, 15) is 19.5 Å². The number of amides is 1. The minimum Gasteiger partial charge on any atom is -0.480 e. The summed E-state index contributed by atoms with van der Waals surface area (Å²) in [5.41, 5.74) is 5.47. The van der Waals surface area contributed by atoms with Gasteiger partial charge in [0.05, 0.1) is 0 Å². The summed E-state index contributed by atoms with van der Waals surface area (Å²) in [6.07, 6.45) is 52.7. The molecule has 0 spiro atoms. The summed E-state index contributed by atoms with van der Waals surface area (Å²) in [4.78, 5) is 36.2. The first-order valence-corrected chi connectivity index (χ1v) is 21.8. The highest BCUT2D eigenvalue weighted by atomic mass is 16.5. The molecule has 0 bridgehead atoms. The van der Waals surface area contributed by atoms with Crippen LogP contribution in [0.2, 0.25) is 0 Å². The second-order valence-corrected chi connectivity index (χ2v) is 14.4. The van der Waals surface area contributed by atoms with Crippen molar-refractivity contribution in [2.75, 3.05) is 6.54 Å². The van der Waals surface area contributed by atoms with Crippen molar-refractivity contribution in [2.45, 2.75) is 199 Å². The Bertz CT molecular complexity index is 1070. The Morgan fingerprint density at radius 1 is 0.574 bits per heavy atom. The van der Waals surface area contributed by atoms with E-state index in [1.165, 1.54) is 57.8 Å². The van der Waals surface area contributed by atoms with Gasteiger partial charge in [-0.25, -0.2) is 4.79 Å². The van der Waals surface area contributed by atoms with Gasteiger partial charge in [0.1, 0.15) is 12.1 Å². The molecule has 0 saturated heterocycles. The van der Waals surface area contributed by atoms with E-state index >= 15 is 0 Å². The van der Waals surface area contributed by atoms with Crippen LogP contribution in [0.25, 0.3) is 0 Å². The molecule has 308 valence electrons. The third kappa shape index (κ3) is 37.1. The van der Waals surface area contributed by atoms with Gasteiger partial charge in [-0.15, -0.1) is 0 Å². The van der Waals surface area contributed by atoms with Crippen LogP contribution in [0.5, 0.6) is 0 Å². The van der Waals surface area contributed by atoms with Crippen molar-refractivity contribution < 1.29 is 24.2 Å². The van der Waals surface area contributed by atoms with Gasteiger partial charge in [-0.2, -0.15) is 0 Å². The first kappa shape index (κ1) is 50.8. The third-order valence-corrected chi connectivity index (χ3v) is 9.22. The molecule has 0 aromatic rings. The molecule has 0 aromatic heterocycles. The van der Waals surface area contributed by atoms with Gasteiger partial charge in [0.25, 0.3) is 0 Å². The number of carboxylic acid groups (broad SMARTS) is 1. The fraction of sp³-hybridized carbons (Fsp3) is 0.681. The molecular formula is C47H80N2O5. The van der Waals surface area contributed by atoms with Gasteiger partial charge in [-0.05, 0) is 103 Å². The molecule has 0 radical (unpaired) electrons. The lowest BCUT2D eigenvalue weighted by Gasteiger charge is -2.15. The van der Waals surface area contributed by atoms with Crippen LogP contribution in [0.3, 0.4) is 0 Å². The smallest absolute Gasteiger partial charge is 0.326 e. The predicted molar refractivity (Wildman–Crippen MR) is 229 cm³/mol. The van der Waals surface area contributed by atoms with Gasteiger partial charge in [0.15, 0.2) is 0 Å². The molecule has 0 aliphatic rings. The zero-order valence-corrected chi connectivity index (χ0v) is 34.5. The Morgan fingerprint density at radius 2 is 1.07 bits per heavy atom. The fourth-order valence-electron chi connectivity index (χ4n) is 5.99. The molecule has 0 aliphatic heterocycles. The number of ether oxygens (including phenoxy) is 1. The standard InChI is InChI=1S/C47H80N2O5/c1-3-5-7-9-11-12-13-14-15-16-17-18-19-20-21-22-23-24-25-26-27-29-35-41-46(51)54-43(37-32-28-10-8-6-4-2)38-33-30-31-34-40-45(50)49-44(47(52)53)39-36-42-48/h5,7-8,10-12,14-15,17-18,32,37,43-44H,3-4,6,9,13,16,19-31,33-36,38-42,48H2,1-2H3,(H,49,50)(H,52,53)/b7-5-,10-8-,12-11-,15-14-,18-17-,37-32-. The van der Waals surface area contributed by atoms with E-state index in [2.05, 4.69) is 86.0 Å². The minimum atomic E-state index is -1.02. The number of esters is 1. The Kier molecular flexibility index (Phi) is 38.6. The lowest BCUT2D eigenvalue weighted by Crippen LogP contribution is -2.40. The first-order chi connectivity index (χ1) is 26.4. The van der Waals surface area contributed by atoms with E-state index in [4.69, 9.17) is 10.5 Å². The second kappa shape index (κ2) is 41.0. The molecule has 54 heavy (non-hydrogen) atoms. The number of carboxylic acids is 1. The third-order valence-electron chi connectivity index (χ3n) is 9.22. The zero-order valence-electron chi connectivity index (χ0n) is 34.5. The Hall–Kier alpha value is -3.19. The first-order valence-electron chi connectivity index (χ1n) is 21.8. The lowest BCUT2D eigenvalue weighted by molar-refractivity contribution is -0.147. The number of unbranched alkanes of at least 4 members (excludes halogenated alkanes) is 14. The number of rotatable bonds is 38. The maximum Gasteiger partial charge on any atom is 0.326 e. The number of nitrogens with two attached hydrogens (primary N) is 1. The van der Waals surface area contributed by atoms with Gasteiger partial charge in [-0.1, -0.05) is 151 Å². The predicted octanol–water partition coefficient (Wildman–Crippen LogP) is 12.3. The highest BCUT2D eigenvalue weighted by Gasteiger charge is 2.19. The van der Waals surface area contributed by atoms with E-state index in [-0.39, 0.29) is 18.0 Å². The van der Waals surface area contributed by atoms with Gasteiger partial charge in [0.2, 0.25) is 5.91 Å². The summed E-state index contributed by atoms with van der Waals surface area (Å²) in [5, 5.41) is 11.9. The molecule has 0 heterocycles. The number of hydrogen-bond acceptors (Lipinski definition) is 5. The molecule has 0 saturated carbocycles. The van der Waals surface area contributed by atoms with Crippen LogP contribution in [0, 0.1) is 0 Å². The van der Waals surface area contributed by atoms with Crippen molar-refractivity contribution in [3.05, 3.63) is 72.9 Å². The normalized spacial score (nSPS) is 13.4. The van der Waals surface area contributed by atoms with Crippen LogP contribution in [-0.4, -0.2) is 41.6 Å². The van der Waals surface area contributed by atoms with E-state index in [1.54, 1.807) is 0 Å². The van der Waals surface area contributed by atoms with Crippen molar-refractivity contribution in [3.63, 3.8) is 0 Å². The van der Waals surface area contributed by atoms with Crippen molar-refractivity contribution in [1.82, 2.24) is 5.32 Å². The van der Waals surface area contributed by atoms with Gasteiger partial charge in [0, 0.05) is 12.8 Å². The second-order valence-electron chi connectivity index (χ2n) is 14.4. The van der Waals surface area contributed by atoms with E-state index in [0.29, 0.717) is 38.6 Å². The molecule has 7 heteroatoms. The Labute approximate surface area is 331 Å². The lowest BCUT2D eigenvalue weighted by atomic mass is 10.0. The topological polar surface area (TPSA) is 119 Å². The molecular weight excluding hydrogens is 673 g/mol. The van der Waals surface area contributed by atoms with Gasteiger partial charge >= 0.3 is 11.9 Å². The monoisotopic (exact) mass is 753 g/mol. The number of carbonyl (C=O) groups excluding carboxylic acids is 2. The maximum absolute atomic E-state index is 12.7. The maximum atomic E-state index is 12.7. The van der Waals surface area contributed by atoms with E-state index in [1.807, 2.05) is 6.08 Å². The van der Waals surface area contributed by atoms with Gasteiger partial charge in [-0.3, -0.25) is 9.59 Å². The zero-order chi connectivity index (χ0) is 39.6. The number of aliphatic carboxylic acids is 1. The minimum absolute atomic E-state index is 0.115. The summed E-state index contributed by atoms with van der Waals surface area (Å²) < 4.78 is 5.88. The molecule has 4 N–H and O–H groups in total. The number of hydrogen-bond donors (Lipinski definition) is 3. The summed E-state index contributed by atoms with van der Waals surface area (Å²) in [7, 11) is 0. The molecule has 0 aromatic carbocycles. The molecule has 0 aliphatic carbocycles. The van der Waals surface area contributed by atoms with Crippen LogP contribution in [0.15, 0.2) is 72.9 Å². The van der Waals surface area contributed by atoms with Crippen LogP contribution < -0.4 is 11.1 Å². The average Bonchev–Trinajstić information content (AvgIpc) is 3.16. The highest BCUT2D eigenvalue weighted by Crippen LogP contribution is 2.15. The molecule has 2 unspecified atom stereocenters. The fourth-order valence-corrected chi connectivity index (χ4v) is 5.99. The number of carbonyl (C=O) groups is 3. The Morgan fingerprint density at radius 3 is 1.65 bits per heavy atom. The molecule has 1 amide bonds. The quantitative estimate of drug-likeness (QED) is 0.0328. The molecule has 0 fully saturated rings. The number of nitrogens with one attached hydrogen (secondary N) is 1. The van der Waals surface area contributed by atoms with Crippen LogP contribution >= 0.6 is 0 Å². The number of allylic oxidation sites excluding steroid dienone is 11. The van der Waals surface area contributed by atoms with Crippen LogP contribution in [-0.2, 0) is 19.1 Å². The SMILES string of the molecule is CC/C=C\C/C=C\C/C=C\C/C=C\CCCCCCCCCCCCC(=O)OC(/C=C\C/C=C\CCC)CCCCCCC(=O)NC(CCCN)C(=O)O.